The minimum Gasteiger partial charge on any atom is -0.314 e. The van der Waals surface area contributed by atoms with Gasteiger partial charge < -0.3 is 5.32 Å². The van der Waals surface area contributed by atoms with Gasteiger partial charge in [0.2, 0.25) is 0 Å². The molecule has 3 nitrogen and oxygen atoms in total. The fourth-order valence-corrected chi connectivity index (χ4v) is 2.79. The van der Waals surface area contributed by atoms with Crippen LogP contribution in [0.5, 0.6) is 0 Å². The number of hydrogen-bond acceptors (Lipinski definition) is 3. The van der Waals surface area contributed by atoms with Gasteiger partial charge in [-0.3, -0.25) is 4.90 Å². The fourth-order valence-electron chi connectivity index (χ4n) is 2.31. The number of piperazine rings is 1. The molecule has 0 saturated carbocycles. The average molecular weight is 312 g/mol. The minimum absolute atomic E-state index is 0.0240. The van der Waals surface area contributed by atoms with Crippen LogP contribution in [0.4, 0.5) is 4.39 Å². The summed E-state index contributed by atoms with van der Waals surface area (Å²) in [6.07, 6.45) is 0.385. The van der Waals surface area contributed by atoms with Crippen LogP contribution >= 0.6 is 15.9 Å². The molecule has 1 saturated heterocycles. The molecule has 2 rings (SSSR count). The zero-order valence-electron chi connectivity index (χ0n) is 10.00. The van der Waals surface area contributed by atoms with Crippen molar-refractivity contribution < 1.29 is 4.39 Å². The maximum Gasteiger partial charge on any atom is 0.124 e. The molecule has 5 heteroatoms. The van der Waals surface area contributed by atoms with Gasteiger partial charge in [0.05, 0.1) is 12.5 Å². The van der Waals surface area contributed by atoms with Gasteiger partial charge in [0.1, 0.15) is 5.82 Å². The van der Waals surface area contributed by atoms with Crippen LogP contribution in [0.2, 0.25) is 0 Å². The lowest BCUT2D eigenvalue weighted by Gasteiger charge is -2.34. The summed E-state index contributed by atoms with van der Waals surface area (Å²) in [5.74, 6) is -0.266. The van der Waals surface area contributed by atoms with Gasteiger partial charge in [-0.2, -0.15) is 5.26 Å². The quantitative estimate of drug-likeness (QED) is 0.932. The average Bonchev–Trinajstić information content (AvgIpc) is 2.36. The van der Waals surface area contributed by atoms with Crippen LogP contribution < -0.4 is 5.32 Å². The van der Waals surface area contributed by atoms with Crippen LogP contribution in [-0.4, -0.2) is 31.1 Å². The highest BCUT2D eigenvalue weighted by atomic mass is 79.9. The molecule has 1 atom stereocenters. The third-order valence-electron chi connectivity index (χ3n) is 3.15. The van der Waals surface area contributed by atoms with Crippen LogP contribution in [0, 0.1) is 17.1 Å². The molecule has 1 aliphatic heterocycles. The summed E-state index contributed by atoms with van der Waals surface area (Å²) < 4.78 is 14.2. The van der Waals surface area contributed by atoms with Gasteiger partial charge >= 0.3 is 0 Å². The molecule has 1 aromatic rings. The van der Waals surface area contributed by atoms with E-state index in [1.54, 1.807) is 0 Å². The third kappa shape index (κ3) is 3.29. The van der Waals surface area contributed by atoms with Crippen LogP contribution in [0.1, 0.15) is 18.0 Å². The van der Waals surface area contributed by atoms with Crippen molar-refractivity contribution in [1.82, 2.24) is 10.2 Å². The van der Waals surface area contributed by atoms with Crippen molar-refractivity contribution in [3.63, 3.8) is 0 Å². The van der Waals surface area contributed by atoms with Crippen LogP contribution in [0.15, 0.2) is 22.7 Å². The Hall–Kier alpha value is -0.960. The standard InChI is InChI=1S/C13H15BrFN3/c14-11-7-10(8-12(15)9-11)13(1-2-16)18-5-3-17-4-6-18/h7-9,13,17H,1,3-6H2/t13-/m0/s1. The van der Waals surface area contributed by atoms with Gasteiger partial charge in [0.25, 0.3) is 0 Å². The number of nitrogens with one attached hydrogen (secondary N) is 1. The second kappa shape index (κ2) is 6.28. The number of nitrogens with zero attached hydrogens (tertiary/aromatic N) is 2. The first-order chi connectivity index (χ1) is 8.70. The lowest BCUT2D eigenvalue weighted by molar-refractivity contribution is 0.175. The van der Waals surface area contributed by atoms with Crippen molar-refractivity contribution in [2.75, 3.05) is 26.2 Å². The Morgan fingerprint density at radius 2 is 2.11 bits per heavy atom. The van der Waals surface area contributed by atoms with Crippen molar-refractivity contribution in [2.45, 2.75) is 12.5 Å². The van der Waals surface area contributed by atoms with Gasteiger partial charge in [-0.1, -0.05) is 15.9 Å². The summed E-state index contributed by atoms with van der Waals surface area (Å²) in [7, 11) is 0. The Balaban J connectivity index is 2.25. The molecule has 0 aromatic heterocycles. The number of hydrogen-bond donors (Lipinski definition) is 1. The van der Waals surface area contributed by atoms with Crippen molar-refractivity contribution >= 4 is 15.9 Å². The van der Waals surface area contributed by atoms with Crippen LogP contribution in [0.3, 0.4) is 0 Å². The summed E-state index contributed by atoms with van der Waals surface area (Å²) >= 11 is 3.30. The molecule has 0 unspecified atom stereocenters. The van der Waals surface area contributed by atoms with E-state index in [0.29, 0.717) is 6.42 Å². The summed E-state index contributed by atoms with van der Waals surface area (Å²) in [6.45, 7) is 3.61. The first-order valence-electron chi connectivity index (χ1n) is 5.98. The zero-order valence-corrected chi connectivity index (χ0v) is 11.6. The van der Waals surface area contributed by atoms with E-state index in [9.17, 15) is 4.39 Å². The Bertz CT molecular complexity index is 432. The molecule has 18 heavy (non-hydrogen) atoms. The Morgan fingerprint density at radius 3 is 2.72 bits per heavy atom. The van der Waals surface area contributed by atoms with E-state index in [1.165, 1.54) is 12.1 Å². The molecule has 96 valence electrons. The van der Waals surface area contributed by atoms with E-state index in [2.05, 4.69) is 32.2 Å². The van der Waals surface area contributed by atoms with E-state index in [0.717, 1.165) is 36.2 Å². The van der Waals surface area contributed by atoms with Crippen molar-refractivity contribution in [1.29, 1.82) is 5.26 Å². The van der Waals surface area contributed by atoms with E-state index < -0.39 is 0 Å². The maximum absolute atomic E-state index is 13.5. The molecule has 1 aromatic carbocycles. The minimum atomic E-state index is -0.266. The van der Waals surface area contributed by atoms with Gasteiger partial charge in [-0.05, 0) is 23.8 Å². The highest BCUT2D eigenvalue weighted by Crippen LogP contribution is 2.27. The van der Waals surface area contributed by atoms with Crippen LogP contribution in [-0.2, 0) is 0 Å². The molecule has 1 aliphatic rings. The largest absolute Gasteiger partial charge is 0.314 e. The maximum atomic E-state index is 13.5. The fraction of sp³-hybridized carbons (Fsp3) is 0.462. The second-order valence-electron chi connectivity index (χ2n) is 4.37. The highest BCUT2D eigenvalue weighted by Gasteiger charge is 2.22. The van der Waals surface area contributed by atoms with E-state index >= 15 is 0 Å². The SMILES string of the molecule is N#CC[C@@H](c1cc(F)cc(Br)c1)N1CCNCC1. The summed E-state index contributed by atoms with van der Waals surface area (Å²) in [5, 5.41) is 12.2. The van der Waals surface area contributed by atoms with Crippen LogP contribution in [0.25, 0.3) is 0 Å². The normalized spacial score (nSPS) is 18.3. The van der Waals surface area contributed by atoms with E-state index in [4.69, 9.17) is 5.26 Å². The molecule has 0 aliphatic carbocycles. The third-order valence-corrected chi connectivity index (χ3v) is 3.60. The summed E-state index contributed by atoms with van der Waals surface area (Å²) in [6, 6.07) is 7.03. The van der Waals surface area contributed by atoms with Crippen molar-refractivity contribution in [3.8, 4) is 6.07 Å². The predicted octanol–water partition coefficient (Wildman–Crippen LogP) is 2.45. The van der Waals surface area contributed by atoms with E-state index in [-0.39, 0.29) is 11.9 Å². The first-order valence-corrected chi connectivity index (χ1v) is 6.77. The molecule has 0 amide bonds. The van der Waals surface area contributed by atoms with Crippen molar-refractivity contribution in [3.05, 3.63) is 34.1 Å². The molecule has 1 N–H and O–H groups in total. The van der Waals surface area contributed by atoms with Gasteiger partial charge in [-0.25, -0.2) is 4.39 Å². The lowest BCUT2D eigenvalue weighted by atomic mass is 10.0. The molecule has 0 bridgehead atoms. The molecule has 0 spiro atoms. The van der Waals surface area contributed by atoms with E-state index in [1.807, 2.05) is 6.07 Å². The monoisotopic (exact) mass is 311 g/mol. The Morgan fingerprint density at radius 1 is 1.39 bits per heavy atom. The Labute approximate surface area is 115 Å². The smallest absolute Gasteiger partial charge is 0.124 e. The second-order valence-corrected chi connectivity index (χ2v) is 5.28. The Kier molecular flexibility index (Phi) is 4.70. The van der Waals surface area contributed by atoms with Crippen molar-refractivity contribution in [2.24, 2.45) is 0 Å². The molecule has 1 heterocycles. The number of benzene rings is 1. The highest BCUT2D eigenvalue weighted by molar-refractivity contribution is 9.10. The van der Waals surface area contributed by atoms with Gasteiger partial charge in [0, 0.05) is 36.7 Å². The van der Waals surface area contributed by atoms with Gasteiger partial charge in [-0.15, -0.1) is 0 Å². The summed E-state index contributed by atoms with van der Waals surface area (Å²) in [5.41, 5.74) is 0.866. The molecular weight excluding hydrogens is 297 g/mol. The predicted molar refractivity (Wildman–Crippen MR) is 71.5 cm³/mol. The summed E-state index contributed by atoms with van der Waals surface area (Å²) in [4.78, 5) is 2.24. The number of nitriles is 1. The van der Waals surface area contributed by atoms with Gasteiger partial charge in [0.15, 0.2) is 0 Å². The number of halogens is 2. The molecular formula is C13H15BrFN3. The molecule has 0 radical (unpaired) electrons. The first kappa shape index (κ1) is 13.5. The lowest BCUT2D eigenvalue weighted by Crippen LogP contribution is -2.45. The zero-order chi connectivity index (χ0) is 13.0. The topological polar surface area (TPSA) is 39.1 Å². The number of rotatable bonds is 3. The molecule has 1 fully saturated rings.